The van der Waals surface area contributed by atoms with Crippen molar-refractivity contribution < 1.29 is 14.6 Å². The summed E-state index contributed by atoms with van der Waals surface area (Å²) in [4.78, 5) is 23.3. The summed E-state index contributed by atoms with van der Waals surface area (Å²) in [6, 6.07) is 5.46. The van der Waals surface area contributed by atoms with E-state index in [0.717, 1.165) is 31.2 Å². The summed E-state index contributed by atoms with van der Waals surface area (Å²) in [6.07, 6.45) is 7.33. The van der Waals surface area contributed by atoms with E-state index in [4.69, 9.17) is 9.84 Å². The largest absolute Gasteiger partial charge is 0.474 e. The number of amides is 1. The van der Waals surface area contributed by atoms with Gasteiger partial charge in [-0.2, -0.15) is 4.98 Å². The molecule has 0 unspecified atom stereocenters. The second-order valence-corrected chi connectivity index (χ2v) is 5.50. The van der Waals surface area contributed by atoms with Gasteiger partial charge in [-0.3, -0.25) is 4.98 Å². The molecule has 23 heavy (non-hydrogen) atoms. The molecule has 1 aliphatic rings. The molecule has 0 aliphatic heterocycles. The maximum absolute atomic E-state index is 10.6. The van der Waals surface area contributed by atoms with E-state index in [1.807, 2.05) is 12.1 Å². The highest BCUT2D eigenvalue weighted by Crippen LogP contribution is 2.24. The van der Waals surface area contributed by atoms with Crippen molar-refractivity contribution in [3.05, 3.63) is 36.8 Å². The first-order valence-electron chi connectivity index (χ1n) is 7.60. The first-order chi connectivity index (χ1) is 11.2. The van der Waals surface area contributed by atoms with Crippen LogP contribution in [0.1, 0.15) is 25.7 Å². The number of carboxylic acid groups (broad SMARTS) is 1. The number of nitrogens with one attached hydrogen (secondary N) is 1. The molecule has 7 nitrogen and oxygen atoms in total. The zero-order chi connectivity index (χ0) is 16.1. The molecule has 3 rings (SSSR count). The van der Waals surface area contributed by atoms with Gasteiger partial charge in [0.15, 0.2) is 5.82 Å². The van der Waals surface area contributed by atoms with Crippen molar-refractivity contribution in [1.29, 1.82) is 0 Å². The Morgan fingerprint density at radius 2 is 1.87 bits per heavy atom. The van der Waals surface area contributed by atoms with E-state index in [1.54, 1.807) is 24.7 Å². The smallest absolute Gasteiger partial charge is 0.404 e. The molecular weight excluding hydrogens is 296 g/mol. The number of hydrogen-bond acceptors (Lipinski definition) is 5. The molecule has 120 valence electrons. The quantitative estimate of drug-likeness (QED) is 0.900. The number of aromatic nitrogens is 3. The lowest BCUT2D eigenvalue weighted by Gasteiger charge is -2.28. The molecular formula is C16H18N4O3. The average Bonchev–Trinajstić information content (AvgIpc) is 2.57. The summed E-state index contributed by atoms with van der Waals surface area (Å²) in [7, 11) is 0. The summed E-state index contributed by atoms with van der Waals surface area (Å²) in [6.45, 7) is 0. The molecule has 7 heteroatoms. The van der Waals surface area contributed by atoms with Crippen molar-refractivity contribution in [2.75, 3.05) is 0 Å². The lowest BCUT2D eigenvalue weighted by Crippen LogP contribution is -2.39. The molecule has 1 fully saturated rings. The highest BCUT2D eigenvalue weighted by atomic mass is 16.5. The summed E-state index contributed by atoms with van der Waals surface area (Å²) in [5.74, 6) is 1.15. The third-order valence-electron chi connectivity index (χ3n) is 3.86. The molecule has 0 radical (unpaired) electrons. The van der Waals surface area contributed by atoms with Crippen molar-refractivity contribution in [2.45, 2.75) is 37.8 Å². The van der Waals surface area contributed by atoms with Crippen LogP contribution in [0, 0.1) is 0 Å². The van der Waals surface area contributed by atoms with E-state index in [9.17, 15) is 4.79 Å². The lowest BCUT2D eigenvalue weighted by molar-refractivity contribution is 0.130. The van der Waals surface area contributed by atoms with Crippen LogP contribution in [-0.4, -0.2) is 38.3 Å². The summed E-state index contributed by atoms with van der Waals surface area (Å²) < 4.78 is 5.93. The van der Waals surface area contributed by atoms with E-state index in [0.29, 0.717) is 11.7 Å². The predicted octanol–water partition coefficient (Wildman–Crippen LogP) is 2.50. The Balaban J connectivity index is 1.60. The minimum atomic E-state index is -0.966. The maximum Gasteiger partial charge on any atom is 0.404 e. The van der Waals surface area contributed by atoms with Gasteiger partial charge in [-0.15, -0.1) is 0 Å². The monoisotopic (exact) mass is 314 g/mol. The van der Waals surface area contributed by atoms with Gasteiger partial charge < -0.3 is 15.2 Å². The molecule has 0 spiro atoms. The summed E-state index contributed by atoms with van der Waals surface area (Å²) in [5, 5.41) is 11.3. The zero-order valence-corrected chi connectivity index (χ0v) is 12.6. The fourth-order valence-electron chi connectivity index (χ4n) is 2.72. The molecule has 0 atom stereocenters. The fraction of sp³-hybridized carbons (Fsp3) is 0.375. The van der Waals surface area contributed by atoms with Crippen LogP contribution in [-0.2, 0) is 0 Å². The normalized spacial score (nSPS) is 20.7. The molecule has 1 amide bonds. The third kappa shape index (κ3) is 4.15. The fourth-order valence-corrected chi connectivity index (χ4v) is 2.72. The van der Waals surface area contributed by atoms with Gasteiger partial charge in [0, 0.05) is 36.3 Å². The van der Waals surface area contributed by atoms with E-state index in [1.165, 1.54) is 0 Å². The Morgan fingerprint density at radius 3 is 2.57 bits per heavy atom. The van der Waals surface area contributed by atoms with Gasteiger partial charge in [0.05, 0.1) is 0 Å². The molecule has 2 N–H and O–H groups in total. The van der Waals surface area contributed by atoms with E-state index >= 15 is 0 Å². The second-order valence-electron chi connectivity index (χ2n) is 5.50. The van der Waals surface area contributed by atoms with Crippen molar-refractivity contribution >= 4 is 6.09 Å². The maximum atomic E-state index is 10.6. The van der Waals surface area contributed by atoms with Crippen molar-refractivity contribution in [1.82, 2.24) is 20.3 Å². The van der Waals surface area contributed by atoms with Gasteiger partial charge >= 0.3 is 6.09 Å². The van der Waals surface area contributed by atoms with Gasteiger partial charge in [-0.1, -0.05) is 0 Å². The zero-order valence-electron chi connectivity index (χ0n) is 12.6. The Hall–Kier alpha value is -2.70. The second kappa shape index (κ2) is 7.04. The number of hydrogen-bond donors (Lipinski definition) is 2. The molecule has 2 heterocycles. The number of ether oxygens (including phenoxy) is 1. The topological polar surface area (TPSA) is 97.2 Å². The minimum Gasteiger partial charge on any atom is -0.474 e. The lowest BCUT2D eigenvalue weighted by atomic mass is 9.93. The summed E-state index contributed by atoms with van der Waals surface area (Å²) in [5.41, 5.74) is 0.889. The molecule has 0 aromatic carbocycles. The van der Waals surface area contributed by atoms with Crippen LogP contribution >= 0.6 is 0 Å². The highest BCUT2D eigenvalue weighted by molar-refractivity contribution is 5.64. The van der Waals surface area contributed by atoms with E-state index in [-0.39, 0.29) is 12.1 Å². The number of rotatable bonds is 4. The Labute approximate surface area is 133 Å². The van der Waals surface area contributed by atoms with Gasteiger partial charge in [-0.05, 0) is 37.8 Å². The van der Waals surface area contributed by atoms with Gasteiger partial charge in [0.25, 0.3) is 0 Å². The van der Waals surface area contributed by atoms with Crippen molar-refractivity contribution in [3.63, 3.8) is 0 Å². The highest BCUT2D eigenvalue weighted by Gasteiger charge is 2.23. The van der Waals surface area contributed by atoms with Crippen LogP contribution in [0.3, 0.4) is 0 Å². The van der Waals surface area contributed by atoms with Crippen LogP contribution in [0.4, 0.5) is 4.79 Å². The van der Waals surface area contributed by atoms with Gasteiger partial charge in [0.2, 0.25) is 5.88 Å². The number of nitrogens with zero attached hydrogens (tertiary/aromatic N) is 3. The molecule has 1 saturated carbocycles. The van der Waals surface area contributed by atoms with Crippen LogP contribution in [0.25, 0.3) is 11.4 Å². The third-order valence-corrected chi connectivity index (χ3v) is 3.86. The van der Waals surface area contributed by atoms with Gasteiger partial charge in [-0.25, -0.2) is 9.78 Å². The Bertz CT molecular complexity index is 657. The van der Waals surface area contributed by atoms with E-state index < -0.39 is 6.09 Å². The first-order valence-corrected chi connectivity index (χ1v) is 7.60. The van der Waals surface area contributed by atoms with Crippen LogP contribution in [0.15, 0.2) is 36.8 Å². The predicted molar refractivity (Wildman–Crippen MR) is 83.1 cm³/mol. The Morgan fingerprint density at radius 1 is 1.13 bits per heavy atom. The minimum absolute atomic E-state index is 0.0186. The average molecular weight is 314 g/mol. The Kier molecular flexibility index (Phi) is 4.65. The van der Waals surface area contributed by atoms with Crippen molar-refractivity contribution in [3.8, 4) is 17.3 Å². The summed E-state index contributed by atoms with van der Waals surface area (Å²) >= 11 is 0. The standard InChI is InChI=1S/C16H18N4O3/c21-16(22)19-12-1-3-13(4-2-12)23-14-7-10-18-15(20-14)11-5-8-17-9-6-11/h5-10,12-13,19H,1-4H2,(H,21,22). The SMILES string of the molecule is O=C(O)NC1CCC(Oc2ccnc(-c3ccncc3)n2)CC1. The van der Waals surface area contributed by atoms with Crippen LogP contribution in [0.2, 0.25) is 0 Å². The molecule has 0 saturated heterocycles. The molecule has 0 bridgehead atoms. The molecule has 2 aromatic rings. The number of carbonyl (C=O) groups is 1. The number of pyridine rings is 1. The van der Waals surface area contributed by atoms with Crippen molar-refractivity contribution in [2.24, 2.45) is 0 Å². The van der Waals surface area contributed by atoms with Gasteiger partial charge in [0.1, 0.15) is 6.10 Å². The first kappa shape index (κ1) is 15.2. The van der Waals surface area contributed by atoms with Crippen LogP contribution < -0.4 is 10.1 Å². The molecule has 2 aromatic heterocycles. The molecule has 1 aliphatic carbocycles. The van der Waals surface area contributed by atoms with Crippen LogP contribution in [0.5, 0.6) is 5.88 Å². The van der Waals surface area contributed by atoms with E-state index in [2.05, 4.69) is 20.3 Å².